The van der Waals surface area contributed by atoms with Crippen LogP contribution < -0.4 is 15.2 Å². The Balaban J connectivity index is 2.09. The van der Waals surface area contributed by atoms with E-state index in [9.17, 15) is 0 Å². The molecule has 26 heavy (non-hydrogen) atoms. The molecule has 0 amide bonds. The minimum absolute atomic E-state index is 0.303. The van der Waals surface area contributed by atoms with Crippen LogP contribution in [0.3, 0.4) is 0 Å². The van der Waals surface area contributed by atoms with E-state index in [-0.39, 0.29) is 0 Å². The van der Waals surface area contributed by atoms with Gasteiger partial charge < -0.3 is 15.2 Å². The molecule has 0 aliphatic rings. The quantitative estimate of drug-likeness (QED) is 0.498. The van der Waals surface area contributed by atoms with Crippen LogP contribution in [0.5, 0.6) is 11.5 Å². The molecule has 2 rings (SSSR count). The van der Waals surface area contributed by atoms with Crippen molar-refractivity contribution in [3.63, 3.8) is 0 Å². The standard InChI is InChI=1S/C23H33NO2/c1-3-4-5-6-10-14-20(17-24)21-15-11-16-22(25-2)23(21)26-18-19-12-8-7-9-13-19/h7-9,11-13,15-16,20H,3-6,10,14,17-18,24H2,1-2H3. The summed E-state index contributed by atoms with van der Waals surface area (Å²) in [7, 11) is 1.69. The van der Waals surface area contributed by atoms with Gasteiger partial charge in [0.2, 0.25) is 0 Å². The van der Waals surface area contributed by atoms with Crippen molar-refractivity contribution in [2.45, 2.75) is 58.0 Å². The lowest BCUT2D eigenvalue weighted by Gasteiger charge is -2.21. The first-order chi connectivity index (χ1) is 12.8. The lowest BCUT2D eigenvalue weighted by atomic mass is 9.92. The Morgan fingerprint density at radius 2 is 1.69 bits per heavy atom. The van der Waals surface area contributed by atoms with E-state index in [0.717, 1.165) is 23.5 Å². The van der Waals surface area contributed by atoms with E-state index < -0.39 is 0 Å². The summed E-state index contributed by atoms with van der Waals surface area (Å²) in [6.07, 6.45) is 7.47. The lowest BCUT2D eigenvalue weighted by molar-refractivity contribution is 0.279. The number of methoxy groups -OCH3 is 1. The molecule has 0 fully saturated rings. The van der Waals surface area contributed by atoms with Gasteiger partial charge in [-0.3, -0.25) is 0 Å². The molecular formula is C23H33NO2. The van der Waals surface area contributed by atoms with E-state index in [0.29, 0.717) is 19.1 Å². The van der Waals surface area contributed by atoms with Gasteiger partial charge in [-0.15, -0.1) is 0 Å². The molecule has 1 atom stereocenters. The number of rotatable bonds is 12. The van der Waals surface area contributed by atoms with Crippen LogP contribution in [0.1, 0.15) is 62.5 Å². The fourth-order valence-electron chi connectivity index (χ4n) is 3.29. The molecule has 3 heteroatoms. The highest BCUT2D eigenvalue weighted by molar-refractivity contribution is 5.48. The topological polar surface area (TPSA) is 44.5 Å². The van der Waals surface area contributed by atoms with Gasteiger partial charge in [-0.1, -0.05) is 81.5 Å². The van der Waals surface area contributed by atoms with E-state index in [1.165, 1.54) is 37.7 Å². The number of para-hydroxylation sites is 1. The first-order valence-corrected chi connectivity index (χ1v) is 9.83. The molecule has 1 unspecified atom stereocenters. The lowest BCUT2D eigenvalue weighted by Crippen LogP contribution is -2.14. The maximum absolute atomic E-state index is 6.19. The van der Waals surface area contributed by atoms with Crippen LogP contribution in [0.25, 0.3) is 0 Å². The molecule has 0 aromatic heterocycles. The van der Waals surface area contributed by atoms with Crippen LogP contribution in [0.4, 0.5) is 0 Å². The van der Waals surface area contributed by atoms with Gasteiger partial charge in [0.15, 0.2) is 11.5 Å². The highest BCUT2D eigenvalue weighted by atomic mass is 16.5. The number of benzene rings is 2. The molecule has 0 aliphatic carbocycles. The molecule has 0 spiro atoms. The minimum Gasteiger partial charge on any atom is -0.493 e. The van der Waals surface area contributed by atoms with Crippen LogP contribution in [0.2, 0.25) is 0 Å². The number of hydrogen-bond acceptors (Lipinski definition) is 3. The Morgan fingerprint density at radius 3 is 2.38 bits per heavy atom. The van der Waals surface area contributed by atoms with Crippen LogP contribution in [-0.2, 0) is 6.61 Å². The Bertz CT molecular complexity index is 627. The van der Waals surface area contributed by atoms with Gasteiger partial charge in [-0.25, -0.2) is 0 Å². The summed E-state index contributed by atoms with van der Waals surface area (Å²) < 4.78 is 11.8. The Kier molecular flexibility index (Phi) is 9.05. The van der Waals surface area contributed by atoms with E-state index >= 15 is 0 Å². The van der Waals surface area contributed by atoms with Crippen LogP contribution >= 0.6 is 0 Å². The predicted molar refractivity (Wildman–Crippen MR) is 109 cm³/mol. The highest BCUT2D eigenvalue weighted by Gasteiger charge is 2.18. The Hall–Kier alpha value is -2.00. The average Bonchev–Trinajstić information content (AvgIpc) is 2.70. The van der Waals surface area contributed by atoms with Crippen molar-refractivity contribution in [1.82, 2.24) is 0 Å². The van der Waals surface area contributed by atoms with Gasteiger partial charge in [0, 0.05) is 5.56 Å². The van der Waals surface area contributed by atoms with Crippen molar-refractivity contribution >= 4 is 0 Å². The summed E-state index contributed by atoms with van der Waals surface area (Å²) in [6, 6.07) is 16.3. The smallest absolute Gasteiger partial charge is 0.165 e. The zero-order valence-corrected chi connectivity index (χ0v) is 16.2. The number of hydrogen-bond donors (Lipinski definition) is 1. The molecule has 2 aromatic carbocycles. The number of ether oxygens (including phenoxy) is 2. The van der Waals surface area contributed by atoms with E-state index in [4.69, 9.17) is 15.2 Å². The third kappa shape index (κ3) is 6.06. The van der Waals surface area contributed by atoms with E-state index in [1.807, 2.05) is 30.3 Å². The maximum Gasteiger partial charge on any atom is 0.165 e. The molecule has 0 heterocycles. The molecule has 2 aromatic rings. The summed E-state index contributed by atoms with van der Waals surface area (Å²) in [6.45, 7) is 3.40. The molecule has 0 saturated heterocycles. The molecule has 0 aliphatic heterocycles. The normalized spacial score (nSPS) is 12.0. The van der Waals surface area contributed by atoms with Crippen molar-refractivity contribution in [1.29, 1.82) is 0 Å². The zero-order valence-electron chi connectivity index (χ0n) is 16.2. The summed E-state index contributed by atoms with van der Waals surface area (Å²) in [5.74, 6) is 1.92. The highest BCUT2D eigenvalue weighted by Crippen LogP contribution is 2.38. The number of unbranched alkanes of at least 4 members (excludes halogenated alkanes) is 4. The van der Waals surface area contributed by atoms with Crippen molar-refractivity contribution in [3.8, 4) is 11.5 Å². The Labute approximate surface area is 158 Å². The first kappa shape index (κ1) is 20.3. The second kappa shape index (κ2) is 11.6. The van der Waals surface area contributed by atoms with Gasteiger partial charge in [-0.2, -0.15) is 0 Å². The van der Waals surface area contributed by atoms with Crippen molar-refractivity contribution in [2.75, 3.05) is 13.7 Å². The number of nitrogens with two attached hydrogens (primary N) is 1. The van der Waals surface area contributed by atoms with Crippen LogP contribution in [0, 0.1) is 0 Å². The van der Waals surface area contributed by atoms with Crippen molar-refractivity contribution < 1.29 is 9.47 Å². The van der Waals surface area contributed by atoms with Crippen molar-refractivity contribution in [3.05, 3.63) is 59.7 Å². The third-order valence-electron chi connectivity index (χ3n) is 4.84. The van der Waals surface area contributed by atoms with Crippen LogP contribution in [0.15, 0.2) is 48.5 Å². The van der Waals surface area contributed by atoms with Crippen molar-refractivity contribution in [2.24, 2.45) is 5.73 Å². The fourth-order valence-corrected chi connectivity index (χ4v) is 3.29. The monoisotopic (exact) mass is 355 g/mol. The molecule has 0 radical (unpaired) electrons. The van der Waals surface area contributed by atoms with Gasteiger partial charge in [0.05, 0.1) is 7.11 Å². The predicted octanol–water partition coefficient (Wildman–Crippen LogP) is 5.68. The molecular weight excluding hydrogens is 322 g/mol. The summed E-state index contributed by atoms with van der Waals surface area (Å²) in [5.41, 5.74) is 8.43. The molecule has 0 bridgehead atoms. The molecule has 3 nitrogen and oxygen atoms in total. The van der Waals surface area contributed by atoms with Gasteiger partial charge in [0.1, 0.15) is 6.61 Å². The van der Waals surface area contributed by atoms with E-state index in [1.54, 1.807) is 7.11 Å². The minimum atomic E-state index is 0.303. The zero-order chi connectivity index (χ0) is 18.6. The van der Waals surface area contributed by atoms with Crippen LogP contribution in [-0.4, -0.2) is 13.7 Å². The Morgan fingerprint density at radius 1 is 0.923 bits per heavy atom. The van der Waals surface area contributed by atoms with Gasteiger partial charge in [0.25, 0.3) is 0 Å². The molecule has 0 saturated carbocycles. The van der Waals surface area contributed by atoms with Gasteiger partial charge in [-0.05, 0) is 30.5 Å². The summed E-state index contributed by atoms with van der Waals surface area (Å²) in [5, 5.41) is 0. The second-order valence-electron chi connectivity index (χ2n) is 6.79. The molecule has 142 valence electrons. The first-order valence-electron chi connectivity index (χ1n) is 9.83. The van der Waals surface area contributed by atoms with E-state index in [2.05, 4.69) is 25.1 Å². The average molecular weight is 356 g/mol. The van der Waals surface area contributed by atoms with Gasteiger partial charge >= 0.3 is 0 Å². The third-order valence-corrected chi connectivity index (χ3v) is 4.84. The maximum atomic E-state index is 6.19. The molecule has 2 N–H and O–H groups in total. The fraction of sp³-hybridized carbons (Fsp3) is 0.478. The second-order valence-corrected chi connectivity index (χ2v) is 6.79. The SMILES string of the molecule is CCCCCCCC(CN)c1cccc(OC)c1OCc1ccccc1. The largest absolute Gasteiger partial charge is 0.493 e. The summed E-state index contributed by atoms with van der Waals surface area (Å²) in [4.78, 5) is 0. The summed E-state index contributed by atoms with van der Waals surface area (Å²) >= 11 is 0.